The number of hydrogen-bond donors (Lipinski definition) is 1. The molecule has 0 radical (unpaired) electrons. The molecule has 17 heavy (non-hydrogen) atoms. The average Bonchev–Trinajstić information content (AvgIpc) is 2.63. The minimum Gasteiger partial charge on any atom is -0.381 e. The second-order valence-electron chi connectivity index (χ2n) is 4.47. The van der Waals surface area contributed by atoms with Gasteiger partial charge in [-0.2, -0.15) is 13.2 Å². The molecule has 0 amide bonds. The molecule has 1 N–H and O–H groups in total. The van der Waals surface area contributed by atoms with E-state index in [-0.39, 0.29) is 0 Å². The van der Waals surface area contributed by atoms with Gasteiger partial charge in [-0.25, -0.2) is 0 Å². The lowest BCUT2D eigenvalue weighted by molar-refractivity contribution is -0.137. The zero-order valence-corrected chi connectivity index (χ0v) is 9.59. The van der Waals surface area contributed by atoms with Crippen LogP contribution < -0.4 is 5.32 Å². The van der Waals surface area contributed by atoms with Crippen molar-refractivity contribution in [3.8, 4) is 0 Å². The number of nitrogens with one attached hydrogen (secondary N) is 1. The highest BCUT2D eigenvalue weighted by atomic mass is 19.4. The molecular weight excluding hydrogens is 229 g/mol. The number of halogens is 3. The summed E-state index contributed by atoms with van der Waals surface area (Å²) < 4.78 is 37.0. The van der Waals surface area contributed by atoms with Crippen LogP contribution in [0.1, 0.15) is 12.0 Å². The molecule has 0 saturated carbocycles. The Labute approximate surface area is 98.4 Å². The van der Waals surface area contributed by atoms with Gasteiger partial charge >= 0.3 is 6.18 Å². The van der Waals surface area contributed by atoms with E-state index in [0.29, 0.717) is 6.04 Å². The minimum atomic E-state index is -4.26. The van der Waals surface area contributed by atoms with E-state index in [0.717, 1.165) is 37.3 Å². The number of nitrogens with zero attached hydrogens (tertiary/aromatic N) is 1. The maximum absolute atomic E-state index is 12.3. The lowest BCUT2D eigenvalue weighted by atomic mass is 10.2. The second-order valence-corrected chi connectivity index (χ2v) is 4.47. The smallest absolute Gasteiger partial charge is 0.381 e. The van der Waals surface area contributed by atoms with E-state index in [4.69, 9.17) is 0 Å². The molecular formula is C12H15F3N2. The Morgan fingerprint density at radius 2 is 1.88 bits per heavy atom. The Bertz CT molecular complexity index is 372. The normalized spacial score (nSPS) is 21.8. The Morgan fingerprint density at radius 1 is 1.24 bits per heavy atom. The standard InChI is InChI=1S/C12H15F3N2/c1-17-7-6-11(8-17)16-10-4-2-9(3-5-10)12(13,14)15/h2-5,11,16H,6-8H2,1H3. The minimum absolute atomic E-state index is 0.330. The molecule has 94 valence electrons. The van der Waals surface area contributed by atoms with Gasteiger partial charge in [-0.15, -0.1) is 0 Å². The summed E-state index contributed by atoms with van der Waals surface area (Å²) in [6.07, 6.45) is -3.23. The van der Waals surface area contributed by atoms with Crippen LogP contribution in [0.3, 0.4) is 0 Å². The van der Waals surface area contributed by atoms with Crippen molar-refractivity contribution < 1.29 is 13.2 Å². The van der Waals surface area contributed by atoms with E-state index >= 15 is 0 Å². The molecule has 1 saturated heterocycles. The molecule has 1 aliphatic rings. The predicted octanol–water partition coefficient (Wildman–Crippen LogP) is 2.82. The molecule has 1 unspecified atom stereocenters. The Balaban J connectivity index is 1.99. The first kappa shape index (κ1) is 12.2. The molecule has 1 fully saturated rings. The molecule has 0 aromatic heterocycles. The second kappa shape index (κ2) is 4.56. The fraction of sp³-hybridized carbons (Fsp3) is 0.500. The molecule has 0 aliphatic carbocycles. The number of likely N-dealkylation sites (N-methyl/N-ethyl adjacent to an activating group) is 1. The third-order valence-electron chi connectivity index (χ3n) is 2.97. The number of likely N-dealkylation sites (tertiary alicyclic amines) is 1. The molecule has 1 aromatic rings. The van der Waals surface area contributed by atoms with Crippen LogP contribution in [0, 0.1) is 0 Å². The van der Waals surface area contributed by atoms with Crippen molar-refractivity contribution in [3.63, 3.8) is 0 Å². The summed E-state index contributed by atoms with van der Waals surface area (Å²) in [5.41, 5.74) is 0.143. The van der Waals surface area contributed by atoms with Gasteiger partial charge < -0.3 is 10.2 Å². The summed E-state index contributed by atoms with van der Waals surface area (Å²) in [6, 6.07) is 5.53. The van der Waals surface area contributed by atoms with Gasteiger partial charge in [-0.3, -0.25) is 0 Å². The van der Waals surface area contributed by atoms with Gasteiger partial charge in [0, 0.05) is 18.3 Å². The average molecular weight is 244 g/mol. The number of anilines is 1. The molecule has 1 atom stereocenters. The van der Waals surface area contributed by atoms with E-state index in [1.165, 1.54) is 12.1 Å². The van der Waals surface area contributed by atoms with Gasteiger partial charge in [0.25, 0.3) is 0 Å². The van der Waals surface area contributed by atoms with Crippen molar-refractivity contribution in [2.24, 2.45) is 0 Å². The van der Waals surface area contributed by atoms with E-state index in [1.54, 1.807) is 0 Å². The maximum Gasteiger partial charge on any atom is 0.416 e. The topological polar surface area (TPSA) is 15.3 Å². The van der Waals surface area contributed by atoms with Gasteiger partial charge in [0.2, 0.25) is 0 Å². The highest BCUT2D eigenvalue weighted by Crippen LogP contribution is 2.30. The number of benzene rings is 1. The van der Waals surface area contributed by atoms with Crippen LogP contribution in [0.5, 0.6) is 0 Å². The first-order valence-corrected chi connectivity index (χ1v) is 5.57. The molecule has 1 heterocycles. The van der Waals surface area contributed by atoms with Crippen LogP contribution in [0.15, 0.2) is 24.3 Å². The number of rotatable bonds is 2. The van der Waals surface area contributed by atoms with Crippen LogP contribution in [-0.4, -0.2) is 31.1 Å². The summed E-state index contributed by atoms with van der Waals surface area (Å²) in [5, 5.41) is 3.24. The summed E-state index contributed by atoms with van der Waals surface area (Å²) in [6.45, 7) is 1.96. The first-order chi connectivity index (χ1) is 7.95. The zero-order chi connectivity index (χ0) is 12.5. The maximum atomic E-state index is 12.3. The van der Waals surface area contributed by atoms with Gasteiger partial charge in [-0.1, -0.05) is 0 Å². The van der Waals surface area contributed by atoms with E-state index < -0.39 is 11.7 Å². The number of alkyl halides is 3. The van der Waals surface area contributed by atoms with E-state index in [1.807, 2.05) is 7.05 Å². The molecule has 5 heteroatoms. The zero-order valence-electron chi connectivity index (χ0n) is 9.59. The van der Waals surface area contributed by atoms with Crippen LogP contribution in [0.4, 0.5) is 18.9 Å². The molecule has 0 spiro atoms. The van der Waals surface area contributed by atoms with Gasteiger partial charge in [-0.05, 0) is 44.3 Å². The largest absolute Gasteiger partial charge is 0.416 e. The lowest BCUT2D eigenvalue weighted by Gasteiger charge is -2.15. The third-order valence-corrected chi connectivity index (χ3v) is 2.97. The third kappa shape index (κ3) is 3.12. The molecule has 1 aliphatic heterocycles. The van der Waals surface area contributed by atoms with Crippen molar-refractivity contribution in [2.45, 2.75) is 18.6 Å². The van der Waals surface area contributed by atoms with E-state index in [9.17, 15) is 13.2 Å². The van der Waals surface area contributed by atoms with Crippen molar-refractivity contribution >= 4 is 5.69 Å². The fourth-order valence-electron chi connectivity index (χ4n) is 2.04. The monoisotopic (exact) mass is 244 g/mol. The summed E-state index contributed by atoms with van der Waals surface area (Å²) >= 11 is 0. The van der Waals surface area contributed by atoms with Crippen molar-refractivity contribution in [1.82, 2.24) is 4.90 Å². The van der Waals surface area contributed by atoms with Gasteiger partial charge in [0.05, 0.1) is 5.56 Å². The van der Waals surface area contributed by atoms with Crippen LogP contribution in [0.25, 0.3) is 0 Å². The van der Waals surface area contributed by atoms with Crippen LogP contribution in [0.2, 0.25) is 0 Å². The highest BCUT2D eigenvalue weighted by Gasteiger charge is 2.30. The fourth-order valence-corrected chi connectivity index (χ4v) is 2.04. The predicted molar refractivity (Wildman–Crippen MR) is 61.0 cm³/mol. The first-order valence-electron chi connectivity index (χ1n) is 5.57. The van der Waals surface area contributed by atoms with Gasteiger partial charge in [0.15, 0.2) is 0 Å². The van der Waals surface area contributed by atoms with Crippen molar-refractivity contribution in [1.29, 1.82) is 0 Å². The summed E-state index contributed by atoms with van der Waals surface area (Å²) in [5.74, 6) is 0. The Morgan fingerprint density at radius 3 is 2.35 bits per heavy atom. The molecule has 2 rings (SSSR count). The van der Waals surface area contributed by atoms with Crippen molar-refractivity contribution in [3.05, 3.63) is 29.8 Å². The number of hydrogen-bond acceptors (Lipinski definition) is 2. The molecule has 2 nitrogen and oxygen atoms in total. The molecule has 0 bridgehead atoms. The lowest BCUT2D eigenvalue weighted by Crippen LogP contribution is -2.23. The summed E-state index contributed by atoms with van der Waals surface area (Å²) in [4.78, 5) is 2.20. The summed E-state index contributed by atoms with van der Waals surface area (Å²) in [7, 11) is 2.04. The van der Waals surface area contributed by atoms with Crippen LogP contribution >= 0.6 is 0 Å². The highest BCUT2D eigenvalue weighted by molar-refractivity contribution is 5.46. The van der Waals surface area contributed by atoms with E-state index in [2.05, 4.69) is 10.2 Å². The molecule has 1 aromatic carbocycles. The quantitative estimate of drug-likeness (QED) is 0.860. The SMILES string of the molecule is CN1CCC(Nc2ccc(C(F)(F)F)cc2)C1. The van der Waals surface area contributed by atoms with Gasteiger partial charge in [0.1, 0.15) is 0 Å². The Hall–Kier alpha value is -1.23. The van der Waals surface area contributed by atoms with Crippen LogP contribution in [-0.2, 0) is 6.18 Å². The Kier molecular flexibility index (Phi) is 3.28. The van der Waals surface area contributed by atoms with Crippen molar-refractivity contribution in [2.75, 3.05) is 25.5 Å².